The molecular weight excluding hydrogens is 346 g/mol. The smallest absolute Gasteiger partial charge is 0.335 e. The van der Waals surface area contributed by atoms with Gasteiger partial charge in [0, 0.05) is 25.5 Å². The van der Waals surface area contributed by atoms with Gasteiger partial charge >= 0.3 is 5.97 Å². The number of carbonyl (C=O) groups is 2. The van der Waals surface area contributed by atoms with Crippen LogP contribution in [0.5, 0.6) is 0 Å². The number of hydrogen-bond donors (Lipinski definition) is 1. The fraction of sp³-hybridized carbons (Fsp3) is 0.316. The lowest BCUT2D eigenvalue weighted by Gasteiger charge is -2.31. The number of fused-ring (bicyclic) bond motifs is 1. The molecular formula is C19H19N5O3. The van der Waals surface area contributed by atoms with Gasteiger partial charge in [0.15, 0.2) is 0 Å². The third-order valence-corrected chi connectivity index (χ3v) is 4.97. The van der Waals surface area contributed by atoms with Gasteiger partial charge in [-0.05, 0) is 42.9 Å². The van der Waals surface area contributed by atoms with E-state index in [0.717, 1.165) is 18.4 Å². The zero-order valence-electron chi connectivity index (χ0n) is 14.7. The van der Waals surface area contributed by atoms with Crippen molar-refractivity contribution in [2.75, 3.05) is 13.1 Å². The Hall–Kier alpha value is -3.29. The molecule has 4 rings (SSSR count). The Bertz CT molecular complexity index is 959. The van der Waals surface area contributed by atoms with Crippen LogP contribution >= 0.6 is 0 Å². The van der Waals surface area contributed by atoms with E-state index in [1.54, 1.807) is 35.5 Å². The van der Waals surface area contributed by atoms with Crippen molar-refractivity contribution >= 4 is 17.7 Å². The minimum atomic E-state index is -0.898. The maximum Gasteiger partial charge on any atom is 0.335 e. The van der Waals surface area contributed by atoms with Gasteiger partial charge < -0.3 is 10.0 Å². The molecule has 8 heteroatoms. The van der Waals surface area contributed by atoms with Crippen molar-refractivity contribution in [2.45, 2.75) is 19.3 Å². The van der Waals surface area contributed by atoms with Gasteiger partial charge in [-0.25, -0.2) is 14.3 Å². The van der Waals surface area contributed by atoms with Crippen LogP contribution in [0.25, 0.3) is 5.78 Å². The Kier molecular flexibility index (Phi) is 4.53. The first-order valence-corrected chi connectivity index (χ1v) is 8.89. The monoisotopic (exact) mass is 365 g/mol. The van der Waals surface area contributed by atoms with Gasteiger partial charge in [0.05, 0.1) is 5.56 Å². The minimum Gasteiger partial charge on any atom is -0.478 e. The second-order valence-electron chi connectivity index (χ2n) is 6.70. The van der Waals surface area contributed by atoms with E-state index in [1.807, 2.05) is 12.1 Å². The average molecular weight is 365 g/mol. The van der Waals surface area contributed by atoms with Crippen LogP contribution in [0.4, 0.5) is 0 Å². The van der Waals surface area contributed by atoms with E-state index in [1.165, 1.54) is 4.52 Å². The molecule has 1 amide bonds. The number of amides is 1. The van der Waals surface area contributed by atoms with E-state index in [-0.39, 0.29) is 11.7 Å². The SMILES string of the molecule is O=C(O)c1ccccc1CC1CCN(C(=O)c2nc3ncccn3n2)CC1. The van der Waals surface area contributed by atoms with Gasteiger partial charge in [0.2, 0.25) is 5.82 Å². The summed E-state index contributed by atoms with van der Waals surface area (Å²) in [6.07, 6.45) is 5.68. The van der Waals surface area contributed by atoms with Crippen molar-refractivity contribution < 1.29 is 14.7 Å². The Labute approximate surface area is 155 Å². The summed E-state index contributed by atoms with van der Waals surface area (Å²) in [7, 11) is 0. The van der Waals surface area contributed by atoms with Crippen molar-refractivity contribution in [3.8, 4) is 0 Å². The first kappa shape index (κ1) is 17.1. The van der Waals surface area contributed by atoms with Crippen LogP contribution in [0.1, 0.15) is 39.4 Å². The average Bonchev–Trinajstić information content (AvgIpc) is 3.12. The minimum absolute atomic E-state index is 0.156. The molecule has 0 unspecified atom stereocenters. The topological polar surface area (TPSA) is 101 Å². The van der Waals surface area contributed by atoms with Crippen LogP contribution in [0.15, 0.2) is 42.7 Å². The van der Waals surface area contributed by atoms with E-state index in [9.17, 15) is 14.7 Å². The summed E-state index contributed by atoms with van der Waals surface area (Å²) in [4.78, 5) is 34.1. The van der Waals surface area contributed by atoms with E-state index < -0.39 is 5.97 Å². The van der Waals surface area contributed by atoms with Crippen LogP contribution in [-0.2, 0) is 6.42 Å². The highest BCUT2D eigenvalue weighted by Gasteiger charge is 2.27. The molecule has 138 valence electrons. The second kappa shape index (κ2) is 7.14. The van der Waals surface area contributed by atoms with Crippen LogP contribution in [0.2, 0.25) is 0 Å². The molecule has 1 fully saturated rings. The summed E-state index contributed by atoms with van der Waals surface area (Å²) in [5.74, 6) is -0.177. The standard InChI is InChI=1S/C19H19N5O3/c25-17(16-21-19-20-8-3-9-24(19)22-16)23-10-6-13(7-11-23)12-14-4-1-2-5-15(14)18(26)27/h1-5,8-9,13H,6-7,10-12H2,(H,26,27). The molecule has 1 aliphatic rings. The summed E-state index contributed by atoms with van der Waals surface area (Å²) in [6.45, 7) is 1.23. The highest BCUT2D eigenvalue weighted by Crippen LogP contribution is 2.24. The highest BCUT2D eigenvalue weighted by atomic mass is 16.4. The van der Waals surface area contributed by atoms with E-state index in [4.69, 9.17) is 0 Å². The number of aromatic carboxylic acids is 1. The Morgan fingerprint density at radius 1 is 1.15 bits per heavy atom. The molecule has 0 saturated carbocycles. The molecule has 27 heavy (non-hydrogen) atoms. The van der Waals surface area contributed by atoms with Gasteiger partial charge in [-0.1, -0.05) is 18.2 Å². The molecule has 1 saturated heterocycles. The second-order valence-corrected chi connectivity index (χ2v) is 6.70. The summed E-state index contributed by atoms with van der Waals surface area (Å²) in [6, 6.07) is 8.85. The number of rotatable bonds is 4. The molecule has 1 N–H and O–H groups in total. The number of nitrogens with zero attached hydrogens (tertiary/aromatic N) is 5. The number of carboxylic acids is 1. The lowest BCUT2D eigenvalue weighted by atomic mass is 9.88. The predicted molar refractivity (Wildman–Crippen MR) is 96.5 cm³/mol. The fourth-order valence-electron chi connectivity index (χ4n) is 3.52. The van der Waals surface area contributed by atoms with Gasteiger partial charge in [0.1, 0.15) is 0 Å². The number of aromatic nitrogens is 4. The lowest BCUT2D eigenvalue weighted by molar-refractivity contribution is 0.0678. The Morgan fingerprint density at radius 2 is 1.93 bits per heavy atom. The summed E-state index contributed by atoms with van der Waals surface area (Å²) < 4.78 is 1.49. The number of likely N-dealkylation sites (tertiary alicyclic amines) is 1. The first-order valence-electron chi connectivity index (χ1n) is 8.89. The molecule has 0 bridgehead atoms. The maximum atomic E-state index is 12.7. The molecule has 0 aliphatic carbocycles. The number of carboxylic acid groups (broad SMARTS) is 1. The predicted octanol–water partition coefficient (Wildman–Crippen LogP) is 1.92. The van der Waals surface area contributed by atoms with Crippen molar-refractivity contribution in [2.24, 2.45) is 5.92 Å². The quantitative estimate of drug-likeness (QED) is 0.758. The van der Waals surface area contributed by atoms with E-state index in [2.05, 4.69) is 15.1 Å². The van der Waals surface area contributed by atoms with Crippen LogP contribution in [0, 0.1) is 5.92 Å². The van der Waals surface area contributed by atoms with Gasteiger partial charge in [-0.2, -0.15) is 4.98 Å². The maximum absolute atomic E-state index is 12.7. The van der Waals surface area contributed by atoms with Crippen molar-refractivity contribution in [3.63, 3.8) is 0 Å². The Morgan fingerprint density at radius 3 is 2.67 bits per heavy atom. The van der Waals surface area contributed by atoms with E-state index in [0.29, 0.717) is 36.8 Å². The number of hydrogen-bond acceptors (Lipinski definition) is 5. The largest absolute Gasteiger partial charge is 0.478 e. The fourth-order valence-corrected chi connectivity index (χ4v) is 3.52. The van der Waals surface area contributed by atoms with Gasteiger partial charge in [-0.3, -0.25) is 4.79 Å². The zero-order valence-corrected chi connectivity index (χ0v) is 14.7. The highest BCUT2D eigenvalue weighted by molar-refractivity contribution is 5.91. The molecule has 3 heterocycles. The normalized spacial score (nSPS) is 15.2. The van der Waals surface area contributed by atoms with E-state index >= 15 is 0 Å². The summed E-state index contributed by atoms with van der Waals surface area (Å²) in [5.41, 5.74) is 1.21. The summed E-state index contributed by atoms with van der Waals surface area (Å²) >= 11 is 0. The third kappa shape index (κ3) is 3.51. The molecule has 0 spiro atoms. The molecule has 1 aliphatic heterocycles. The summed E-state index contributed by atoms with van der Waals surface area (Å²) in [5, 5.41) is 13.5. The number of piperidine rings is 1. The number of carbonyl (C=O) groups excluding carboxylic acids is 1. The third-order valence-electron chi connectivity index (χ3n) is 4.97. The Balaban J connectivity index is 1.40. The molecule has 1 aromatic carbocycles. The van der Waals surface area contributed by atoms with Crippen LogP contribution in [0.3, 0.4) is 0 Å². The van der Waals surface area contributed by atoms with Crippen molar-refractivity contribution in [1.82, 2.24) is 24.5 Å². The lowest BCUT2D eigenvalue weighted by Crippen LogP contribution is -2.39. The zero-order chi connectivity index (χ0) is 18.8. The van der Waals surface area contributed by atoms with Gasteiger partial charge in [0.25, 0.3) is 11.7 Å². The van der Waals surface area contributed by atoms with Crippen LogP contribution in [-0.4, -0.2) is 54.6 Å². The number of benzene rings is 1. The molecule has 3 aromatic rings. The van der Waals surface area contributed by atoms with Crippen molar-refractivity contribution in [3.05, 3.63) is 59.7 Å². The van der Waals surface area contributed by atoms with Crippen molar-refractivity contribution in [1.29, 1.82) is 0 Å². The van der Waals surface area contributed by atoms with Crippen LogP contribution < -0.4 is 0 Å². The molecule has 0 radical (unpaired) electrons. The first-order chi connectivity index (χ1) is 13.1. The molecule has 8 nitrogen and oxygen atoms in total. The molecule has 0 atom stereocenters. The molecule has 2 aromatic heterocycles. The van der Waals surface area contributed by atoms with Gasteiger partial charge in [-0.15, -0.1) is 5.10 Å².